The fourth-order valence-electron chi connectivity index (χ4n) is 3.07. The summed E-state index contributed by atoms with van der Waals surface area (Å²) in [5, 5.41) is 2.78. The van der Waals surface area contributed by atoms with Gasteiger partial charge < -0.3 is 15.0 Å². The lowest BCUT2D eigenvalue weighted by Crippen LogP contribution is -2.28. The van der Waals surface area contributed by atoms with E-state index in [2.05, 4.69) is 10.1 Å². The lowest BCUT2D eigenvalue weighted by atomic mass is 10.1. The van der Waals surface area contributed by atoms with Crippen molar-refractivity contribution in [2.75, 3.05) is 23.9 Å². The highest BCUT2D eigenvalue weighted by molar-refractivity contribution is 6.04. The maximum atomic E-state index is 13.9. The van der Waals surface area contributed by atoms with Crippen LogP contribution < -0.4 is 10.2 Å². The molecule has 0 unspecified atom stereocenters. The first-order valence-corrected chi connectivity index (χ1v) is 8.45. The van der Waals surface area contributed by atoms with Gasteiger partial charge >= 0.3 is 5.97 Å². The zero-order valence-corrected chi connectivity index (χ0v) is 15.0. The molecule has 3 rings (SSSR count). The van der Waals surface area contributed by atoms with E-state index in [9.17, 15) is 18.8 Å². The number of nitrogens with one attached hydrogen (secondary N) is 1. The number of rotatable bonds is 4. The average Bonchev–Trinajstić information content (AvgIpc) is 3.04. The van der Waals surface area contributed by atoms with Crippen molar-refractivity contribution in [2.45, 2.75) is 13.3 Å². The molecule has 27 heavy (non-hydrogen) atoms. The minimum Gasteiger partial charge on any atom is -0.465 e. The number of amides is 2. The van der Waals surface area contributed by atoms with Crippen LogP contribution in [0.15, 0.2) is 42.5 Å². The van der Waals surface area contributed by atoms with Gasteiger partial charge in [0.15, 0.2) is 0 Å². The molecule has 140 valence electrons. The quantitative estimate of drug-likeness (QED) is 0.840. The van der Waals surface area contributed by atoms with Gasteiger partial charge in [-0.15, -0.1) is 0 Å². The van der Waals surface area contributed by atoms with Crippen LogP contribution in [-0.4, -0.2) is 31.4 Å². The summed E-state index contributed by atoms with van der Waals surface area (Å²) < 4.78 is 18.6. The van der Waals surface area contributed by atoms with Crippen LogP contribution in [0.3, 0.4) is 0 Å². The van der Waals surface area contributed by atoms with E-state index in [1.165, 1.54) is 24.1 Å². The van der Waals surface area contributed by atoms with Gasteiger partial charge in [0.05, 0.1) is 24.3 Å². The second-order valence-electron chi connectivity index (χ2n) is 6.37. The molecule has 1 aliphatic rings. The Hall–Kier alpha value is -3.22. The Kier molecular flexibility index (Phi) is 5.21. The monoisotopic (exact) mass is 370 g/mol. The highest BCUT2D eigenvalue weighted by Gasteiger charge is 2.36. The number of methoxy groups -OCH3 is 1. The highest BCUT2D eigenvalue weighted by Crippen LogP contribution is 2.28. The van der Waals surface area contributed by atoms with Crippen molar-refractivity contribution in [3.63, 3.8) is 0 Å². The molecule has 1 N–H and O–H groups in total. The predicted octanol–water partition coefficient (Wildman–Crippen LogP) is 2.91. The van der Waals surface area contributed by atoms with Gasteiger partial charge in [-0.3, -0.25) is 9.59 Å². The third-order valence-electron chi connectivity index (χ3n) is 4.54. The van der Waals surface area contributed by atoms with Crippen LogP contribution in [0.5, 0.6) is 0 Å². The fourth-order valence-corrected chi connectivity index (χ4v) is 3.07. The number of nitrogens with zero attached hydrogens (tertiary/aromatic N) is 1. The van der Waals surface area contributed by atoms with Gasteiger partial charge in [-0.05, 0) is 42.8 Å². The first kappa shape index (κ1) is 18.6. The summed E-state index contributed by atoms with van der Waals surface area (Å²) in [6.07, 6.45) is 0.0134. The predicted molar refractivity (Wildman–Crippen MR) is 98.0 cm³/mol. The smallest absolute Gasteiger partial charge is 0.337 e. The van der Waals surface area contributed by atoms with Crippen molar-refractivity contribution in [1.29, 1.82) is 0 Å². The Labute approximate surface area is 155 Å². The summed E-state index contributed by atoms with van der Waals surface area (Å²) in [4.78, 5) is 37.7. The summed E-state index contributed by atoms with van der Waals surface area (Å²) in [5.41, 5.74) is 1.80. The molecule has 0 radical (unpaired) electrons. The molecule has 2 aromatic rings. The summed E-state index contributed by atoms with van der Waals surface area (Å²) in [5.74, 6) is -2.16. The fraction of sp³-hybridized carbons (Fsp3) is 0.250. The van der Waals surface area contributed by atoms with Gasteiger partial charge in [-0.25, -0.2) is 9.18 Å². The maximum absolute atomic E-state index is 13.9. The Morgan fingerprint density at radius 1 is 1.22 bits per heavy atom. The molecular formula is C20H19FN2O4. The maximum Gasteiger partial charge on any atom is 0.337 e. The second kappa shape index (κ2) is 7.57. The Balaban J connectivity index is 1.71. The van der Waals surface area contributed by atoms with E-state index in [4.69, 9.17) is 0 Å². The number of esters is 1. The summed E-state index contributed by atoms with van der Waals surface area (Å²) in [6, 6.07) is 10.8. The largest absolute Gasteiger partial charge is 0.465 e. The summed E-state index contributed by atoms with van der Waals surface area (Å²) in [6.45, 7) is 1.87. The molecule has 2 amide bonds. The molecule has 1 fully saturated rings. The number of para-hydroxylation sites is 1. The molecule has 0 saturated carbocycles. The van der Waals surface area contributed by atoms with E-state index in [0.717, 1.165) is 0 Å². The molecule has 0 aliphatic carbocycles. The zero-order valence-electron chi connectivity index (χ0n) is 15.0. The molecule has 7 heteroatoms. The lowest BCUT2D eigenvalue weighted by Gasteiger charge is -2.17. The van der Waals surface area contributed by atoms with Crippen LogP contribution in [0.2, 0.25) is 0 Å². The average molecular weight is 370 g/mol. The molecule has 1 heterocycles. The molecule has 1 atom stereocenters. The number of halogens is 1. The zero-order chi connectivity index (χ0) is 19.6. The third kappa shape index (κ3) is 3.81. The number of ether oxygens (including phenoxy) is 1. The molecular weight excluding hydrogens is 351 g/mol. The first-order valence-electron chi connectivity index (χ1n) is 8.45. The van der Waals surface area contributed by atoms with E-state index in [0.29, 0.717) is 16.8 Å². The Morgan fingerprint density at radius 3 is 2.63 bits per heavy atom. The van der Waals surface area contributed by atoms with Gasteiger partial charge in [0.2, 0.25) is 11.8 Å². The Bertz CT molecular complexity index is 913. The van der Waals surface area contributed by atoms with Gasteiger partial charge in [0, 0.05) is 18.7 Å². The number of hydrogen-bond donors (Lipinski definition) is 1. The van der Waals surface area contributed by atoms with Crippen molar-refractivity contribution in [3.05, 3.63) is 59.4 Å². The summed E-state index contributed by atoms with van der Waals surface area (Å²) >= 11 is 0. The van der Waals surface area contributed by atoms with Crippen molar-refractivity contribution in [1.82, 2.24) is 0 Å². The normalized spacial score (nSPS) is 16.3. The lowest BCUT2D eigenvalue weighted by molar-refractivity contribution is -0.122. The SMILES string of the molecule is COC(=O)c1ccc(NC(=O)[C@@H]2CC(=O)N(c3ccccc3F)C2)c(C)c1. The van der Waals surface area contributed by atoms with Crippen LogP contribution in [0, 0.1) is 18.7 Å². The number of hydrogen-bond acceptors (Lipinski definition) is 4. The number of aryl methyl sites for hydroxylation is 1. The van der Waals surface area contributed by atoms with Gasteiger partial charge in [0.25, 0.3) is 0 Å². The molecule has 2 aromatic carbocycles. The molecule has 6 nitrogen and oxygen atoms in total. The topological polar surface area (TPSA) is 75.7 Å². The van der Waals surface area contributed by atoms with Gasteiger partial charge in [-0.2, -0.15) is 0 Å². The summed E-state index contributed by atoms with van der Waals surface area (Å²) in [7, 11) is 1.30. The van der Waals surface area contributed by atoms with E-state index in [1.54, 1.807) is 37.3 Å². The molecule has 1 aliphatic heterocycles. The van der Waals surface area contributed by atoms with E-state index in [-0.39, 0.29) is 30.5 Å². The van der Waals surface area contributed by atoms with E-state index >= 15 is 0 Å². The van der Waals surface area contributed by atoms with Crippen molar-refractivity contribution in [2.24, 2.45) is 5.92 Å². The molecule has 0 spiro atoms. The van der Waals surface area contributed by atoms with Crippen LogP contribution in [0.1, 0.15) is 22.3 Å². The van der Waals surface area contributed by atoms with Gasteiger partial charge in [0.1, 0.15) is 5.82 Å². The van der Waals surface area contributed by atoms with Crippen molar-refractivity contribution in [3.8, 4) is 0 Å². The number of benzene rings is 2. The standard InChI is InChI=1S/C20H19FN2O4/c1-12-9-13(20(26)27-2)7-8-16(12)22-19(25)14-10-18(24)23(11-14)17-6-4-3-5-15(17)21/h3-9,14H,10-11H2,1-2H3,(H,22,25)/t14-/m1/s1. The van der Waals surface area contributed by atoms with Crippen LogP contribution >= 0.6 is 0 Å². The van der Waals surface area contributed by atoms with Crippen LogP contribution in [0.25, 0.3) is 0 Å². The highest BCUT2D eigenvalue weighted by atomic mass is 19.1. The minimum atomic E-state index is -0.586. The van der Waals surface area contributed by atoms with E-state index < -0.39 is 17.7 Å². The molecule has 1 saturated heterocycles. The minimum absolute atomic E-state index is 0.0134. The molecule has 0 aromatic heterocycles. The van der Waals surface area contributed by atoms with Crippen molar-refractivity contribution >= 4 is 29.2 Å². The second-order valence-corrected chi connectivity index (χ2v) is 6.37. The van der Waals surface area contributed by atoms with Gasteiger partial charge in [-0.1, -0.05) is 12.1 Å². The molecule has 0 bridgehead atoms. The number of carbonyl (C=O) groups excluding carboxylic acids is 3. The Morgan fingerprint density at radius 2 is 1.96 bits per heavy atom. The number of anilines is 2. The third-order valence-corrected chi connectivity index (χ3v) is 4.54. The first-order chi connectivity index (χ1) is 12.9. The van der Waals surface area contributed by atoms with Crippen LogP contribution in [-0.2, 0) is 14.3 Å². The number of carbonyl (C=O) groups is 3. The van der Waals surface area contributed by atoms with Crippen LogP contribution in [0.4, 0.5) is 15.8 Å². The van der Waals surface area contributed by atoms with Crippen molar-refractivity contribution < 1.29 is 23.5 Å². The van der Waals surface area contributed by atoms with E-state index in [1.807, 2.05) is 0 Å².